The minimum absolute atomic E-state index is 0.189. The van der Waals surface area contributed by atoms with E-state index in [0.29, 0.717) is 28.9 Å². The Hall–Kier alpha value is -1.69. The molecular weight excluding hydrogens is 328 g/mol. The fourth-order valence-electron chi connectivity index (χ4n) is 2.16. The van der Waals surface area contributed by atoms with Crippen molar-refractivity contribution >= 4 is 23.4 Å². The van der Waals surface area contributed by atoms with Gasteiger partial charge in [0.05, 0.1) is 11.4 Å². The molecule has 1 N–H and O–H groups in total. The van der Waals surface area contributed by atoms with Crippen LogP contribution in [0.4, 0.5) is 4.79 Å². The molecule has 1 amide bonds. The van der Waals surface area contributed by atoms with Crippen LogP contribution in [0.3, 0.4) is 0 Å². The number of ether oxygens (including phenoxy) is 1. The summed E-state index contributed by atoms with van der Waals surface area (Å²) in [5.41, 5.74) is 0.322. The zero-order valence-electron chi connectivity index (χ0n) is 14.9. The summed E-state index contributed by atoms with van der Waals surface area (Å²) in [7, 11) is 1.68. The molecule has 0 saturated heterocycles. The molecule has 7 heteroatoms. The predicted octanol–water partition coefficient (Wildman–Crippen LogP) is 4.02. The third kappa shape index (κ3) is 5.16. The van der Waals surface area contributed by atoms with Crippen molar-refractivity contribution in [2.75, 3.05) is 7.05 Å². The first-order valence-electron chi connectivity index (χ1n) is 8.15. The Morgan fingerprint density at radius 2 is 2.08 bits per heavy atom. The van der Waals surface area contributed by atoms with Gasteiger partial charge in [-0.25, -0.2) is 14.8 Å². The Morgan fingerprint density at radius 3 is 2.62 bits per heavy atom. The number of hydrogen-bond acceptors (Lipinski definition) is 5. The van der Waals surface area contributed by atoms with E-state index in [1.165, 1.54) is 4.90 Å². The summed E-state index contributed by atoms with van der Waals surface area (Å²) in [5, 5.41) is 8.66. The molecule has 1 atom stereocenters. The molecule has 0 unspecified atom stereocenters. The van der Waals surface area contributed by atoms with Crippen LogP contribution >= 0.6 is 11.6 Å². The number of rotatable bonds is 5. The summed E-state index contributed by atoms with van der Waals surface area (Å²) in [5.74, 6) is 1.09. The van der Waals surface area contributed by atoms with E-state index in [1.54, 1.807) is 13.1 Å². The minimum Gasteiger partial charge on any atom is -0.444 e. The van der Waals surface area contributed by atoms with Gasteiger partial charge in [-0.1, -0.05) is 11.6 Å². The predicted molar refractivity (Wildman–Crippen MR) is 93.9 cm³/mol. The summed E-state index contributed by atoms with van der Waals surface area (Å²) in [4.78, 5) is 22.3. The maximum absolute atomic E-state index is 12.1. The summed E-state index contributed by atoms with van der Waals surface area (Å²) in [6, 6.07) is 1.42. The Labute approximate surface area is 148 Å². The van der Waals surface area contributed by atoms with Crippen molar-refractivity contribution < 1.29 is 9.53 Å². The first-order valence-corrected chi connectivity index (χ1v) is 8.52. The number of amides is 1. The molecule has 1 aromatic rings. The zero-order valence-corrected chi connectivity index (χ0v) is 15.6. The number of hydrogen-bond donors (Lipinski definition) is 1. The van der Waals surface area contributed by atoms with Gasteiger partial charge in [0.1, 0.15) is 16.6 Å². The molecule has 0 aliphatic heterocycles. The van der Waals surface area contributed by atoms with Gasteiger partial charge in [-0.3, -0.25) is 0 Å². The summed E-state index contributed by atoms with van der Waals surface area (Å²) < 4.78 is 5.36. The van der Waals surface area contributed by atoms with E-state index in [1.807, 2.05) is 27.7 Å². The van der Waals surface area contributed by atoms with E-state index in [0.717, 1.165) is 18.7 Å². The molecule has 0 radical (unpaired) electrons. The van der Waals surface area contributed by atoms with E-state index in [4.69, 9.17) is 21.7 Å². The maximum Gasteiger partial charge on any atom is 0.410 e. The van der Waals surface area contributed by atoms with E-state index < -0.39 is 11.7 Å². The van der Waals surface area contributed by atoms with Crippen molar-refractivity contribution in [2.45, 2.75) is 64.5 Å². The topological polar surface area (TPSA) is 79.2 Å². The van der Waals surface area contributed by atoms with Gasteiger partial charge in [-0.15, -0.1) is 0 Å². The second-order valence-corrected chi connectivity index (χ2v) is 7.72. The highest BCUT2D eigenvalue weighted by Gasteiger charge is 2.28. The van der Waals surface area contributed by atoms with E-state index in [2.05, 4.69) is 9.97 Å². The monoisotopic (exact) mass is 352 g/mol. The van der Waals surface area contributed by atoms with Gasteiger partial charge < -0.3 is 15.0 Å². The fraction of sp³-hybridized carbons (Fsp3) is 0.647. The van der Waals surface area contributed by atoms with Crippen LogP contribution in [0.5, 0.6) is 0 Å². The Balaban J connectivity index is 2.02. The first kappa shape index (κ1) is 18.6. The standard InChI is InChI=1S/C17H25ClN4O2/c1-10(22(5)16(23)24-17(2,3)4)8-12(19)13-9-14(18)21-15(20-13)11-6-7-11/h9-11,19H,6-8H2,1-5H3/t10-/m1/s1. The summed E-state index contributed by atoms with van der Waals surface area (Å²) in [6.45, 7) is 7.36. The van der Waals surface area contributed by atoms with Crippen molar-refractivity contribution in [3.63, 3.8) is 0 Å². The molecule has 1 aliphatic carbocycles. The molecule has 6 nitrogen and oxygen atoms in total. The number of aromatic nitrogens is 2. The smallest absolute Gasteiger partial charge is 0.410 e. The quantitative estimate of drug-likeness (QED) is 0.641. The Kier molecular flexibility index (Phi) is 5.48. The van der Waals surface area contributed by atoms with Crippen LogP contribution in [0.15, 0.2) is 6.07 Å². The lowest BCUT2D eigenvalue weighted by Crippen LogP contribution is -2.40. The van der Waals surface area contributed by atoms with Crippen molar-refractivity contribution in [3.05, 3.63) is 22.7 Å². The number of carbonyl (C=O) groups excluding carboxylic acids is 1. The highest BCUT2D eigenvalue weighted by Crippen LogP contribution is 2.38. The second-order valence-electron chi connectivity index (χ2n) is 7.33. The van der Waals surface area contributed by atoms with Crippen molar-refractivity contribution in [3.8, 4) is 0 Å². The minimum atomic E-state index is -0.544. The van der Waals surface area contributed by atoms with E-state index in [-0.39, 0.29) is 6.04 Å². The van der Waals surface area contributed by atoms with Gasteiger partial charge in [0.2, 0.25) is 0 Å². The zero-order chi connectivity index (χ0) is 18.1. The van der Waals surface area contributed by atoms with Gasteiger partial charge in [0.15, 0.2) is 0 Å². The highest BCUT2D eigenvalue weighted by molar-refractivity contribution is 6.29. The molecule has 1 fully saturated rings. The molecule has 2 rings (SSSR count). The Morgan fingerprint density at radius 1 is 1.46 bits per heavy atom. The third-order valence-corrected chi connectivity index (χ3v) is 4.00. The maximum atomic E-state index is 12.1. The molecule has 0 bridgehead atoms. The number of halogens is 1. The average Bonchev–Trinajstić information content (AvgIpc) is 3.28. The van der Waals surface area contributed by atoms with Crippen LogP contribution in [0, 0.1) is 5.41 Å². The SMILES string of the molecule is C[C@H](CC(=N)c1cc(Cl)nc(C2CC2)n1)N(C)C(=O)OC(C)(C)C. The van der Waals surface area contributed by atoms with Gasteiger partial charge in [0.25, 0.3) is 0 Å². The number of carbonyl (C=O) groups is 1. The van der Waals surface area contributed by atoms with E-state index in [9.17, 15) is 4.79 Å². The largest absolute Gasteiger partial charge is 0.444 e. The number of nitrogens with one attached hydrogen (secondary N) is 1. The van der Waals surface area contributed by atoms with Crippen LogP contribution in [-0.2, 0) is 4.74 Å². The van der Waals surface area contributed by atoms with Gasteiger partial charge in [-0.05, 0) is 40.5 Å². The average molecular weight is 353 g/mol. The molecule has 0 aromatic carbocycles. The van der Waals surface area contributed by atoms with Crippen LogP contribution < -0.4 is 0 Å². The van der Waals surface area contributed by atoms with Crippen LogP contribution in [-0.4, -0.2) is 45.4 Å². The second kappa shape index (κ2) is 7.05. The molecule has 24 heavy (non-hydrogen) atoms. The van der Waals surface area contributed by atoms with Crippen molar-refractivity contribution in [1.29, 1.82) is 5.41 Å². The lowest BCUT2D eigenvalue weighted by molar-refractivity contribution is 0.0241. The third-order valence-electron chi connectivity index (χ3n) is 3.81. The van der Waals surface area contributed by atoms with Gasteiger partial charge in [0, 0.05) is 31.5 Å². The first-order chi connectivity index (χ1) is 11.1. The molecule has 1 saturated carbocycles. The molecule has 1 aliphatic rings. The van der Waals surface area contributed by atoms with Crippen LogP contribution in [0.25, 0.3) is 0 Å². The summed E-state index contributed by atoms with van der Waals surface area (Å²) >= 11 is 6.06. The summed E-state index contributed by atoms with van der Waals surface area (Å²) in [6.07, 6.45) is 2.12. The lowest BCUT2D eigenvalue weighted by Gasteiger charge is -2.28. The molecule has 132 valence electrons. The van der Waals surface area contributed by atoms with Crippen LogP contribution in [0.1, 0.15) is 64.4 Å². The number of nitrogens with zero attached hydrogens (tertiary/aromatic N) is 3. The van der Waals surface area contributed by atoms with Gasteiger partial charge in [-0.2, -0.15) is 0 Å². The van der Waals surface area contributed by atoms with Crippen molar-refractivity contribution in [1.82, 2.24) is 14.9 Å². The lowest BCUT2D eigenvalue weighted by atomic mass is 10.1. The molecule has 1 heterocycles. The molecular formula is C17H25ClN4O2. The Bertz CT molecular complexity index is 638. The molecule has 1 aromatic heterocycles. The normalized spacial score (nSPS) is 15.8. The molecule has 0 spiro atoms. The van der Waals surface area contributed by atoms with Gasteiger partial charge >= 0.3 is 6.09 Å². The highest BCUT2D eigenvalue weighted by atomic mass is 35.5. The van der Waals surface area contributed by atoms with Crippen molar-refractivity contribution in [2.24, 2.45) is 0 Å². The van der Waals surface area contributed by atoms with E-state index >= 15 is 0 Å². The van der Waals surface area contributed by atoms with Crippen LogP contribution in [0.2, 0.25) is 5.15 Å². The fourth-order valence-corrected chi connectivity index (χ4v) is 2.35.